The third-order valence-corrected chi connectivity index (χ3v) is 4.70. The third kappa shape index (κ3) is 3.14. The molecule has 0 aromatic heterocycles. The van der Waals surface area contributed by atoms with Gasteiger partial charge in [0.05, 0.1) is 5.75 Å². The van der Waals surface area contributed by atoms with Crippen LogP contribution in [-0.2, 0) is 14.6 Å². The predicted octanol–water partition coefficient (Wildman–Crippen LogP) is 1.61. The van der Waals surface area contributed by atoms with Crippen LogP contribution in [0.4, 0.5) is 4.39 Å². The highest BCUT2D eigenvalue weighted by Crippen LogP contribution is 2.17. The molecule has 1 heterocycles. The molecule has 20 heavy (non-hydrogen) atoms. The summed E-state index contributed by atoms with van der Waals surface area (Å²) in [5.41, 5.74) is 0.720. The number of likely N-dealkylation sites (N-methyl/N-ethyl adjacent to an activating group) is 1. The Balaban J connectivity index is 2.24. The molecule has 1 aliphatic heterocycles. The van der Waals surface area contributed by atoms with Crippen molar-refractivity contribution in [2.45, 2.75) is 0 Å². The first-order valence-corrected chi connectivity index (χ1v) is 7.67. The van der Waals surface area contributed by atoms with Gasteiger partial charge in [-0.1, -0.05) is 24.3 Å². The Hall–Kier alpha value is -1.95. The molecular weight excluding hydrogens is 281 g/mol. The predicted molar refractivity (Wildman–Crippen MR) is 74.9 cm³/mol. The molecule has 4 nitrogen and oxygen atoms in total. The Bertz CT molecular complexity index is 675. The number of hydrogen-bond acceptors (Lipinski definition) is 3. The van der Waals surface area contributed by atoms with Crippen LogP contribution in [0, 0.1) is 5.82 Å². The number of benzene rings is 1. The Kier molecular flexibility index (Phi) is 4.04. The second-order valence-electron chi connectivity index (χ2n) is 4.49. The molecule has 1 saturated heterocycles. The van der Waals surface area contributed by atoms with Gasteiger partial charge in [-0.3, -0.25) is 4.79 Å². The van der Waals surface area contributed by atoms with Crippen molar-refractivity contribution in [3.05, 3.63) is 52.7 Å². The Morgan fingerprint density at radius 2 is 1.90 bits per heavy atom. The number of hydrogen-bond donors (Lipinski definition) is 0. The van der Waals surface area contributed by atoms with E-state index in [4.69, 9.17) is 0 Å². The molecule has 0 aliphatic carbocycles. The lowest BCUT2D eigenvalue weighted by Gasteiger charge is -2.23. The Morgan fingerprint density at radius 1 is 1.25 bits per heavy atom. The monoisotopic (exact) mass is 295 g/mol. The molecular formula is C14H14FNO3S. The number of carbonyl (C=O) groups excluding carboxylic acids is 1. The zero-order chi connectivity index (χ0) is 14.8. The lowest BCUT2D eigenvalue weighted by Crippen LogP contribution is -2.40. The van der Waals surface area contributed by atoms with Gasteiger partial charge in [0, 0.05) is 13.6 Å². The molecule has 1 aromatic rings. The first kappa shape index (κ1) is 14.5. The van der Waals surface area contributed by atoms with E-state index in [1.54, 1.807) is 25.3 Å². The van der Waals surface area contributed by atoms with Gasteiger partial charge in [0.1, 0.15) is 10.7 Å². The van der Waals surface area contributed by atoms with E-state index >= 15 is 0 Å². The summed E-state index contributed by atoms with van der Waals surface area (Å²) in [5, 5.41) is 0. The van der Waals surface area contributed by atoms with E-state index in [-0.39, 0.29) is 23.0 Å². The van der Waals surface area contributed by atoms with Crippen LogP contribution in [0.1, 0.15) is 5.56 Å². The largest absolute Gasteiger partial charge is 0.340 e. The summed E-state index contributed by atoms with van der Waals surface area (Å²) >= 11 is 0. The molecule has 1 fully saturated rings. The molecule has 1 aromatic carbocycles. The van der Waals surface area contributed by atoms with Crippen molar-refractivity contribution in [3.63, 3.8) is 0 Å². The van der Waals surface area contributed by atoms with Gasteiger partial charge in [-0.25, -0.2) is 12.8 Å². The summed E-state index contributed by atoms with van der Waals surface area (Å²) in [7, 11) is -1.94. The molecule has 0 spiro atoms. The minimum atomic E-state index is -3.51. The van der Waals surface area contributed by atoms with Crippen molar-refractivity contribution < 1.29 is 17.6 Å². The zero-order valence-corrected chi connectivity index (χ0v) is 11.7. The number of rotatable bonds is 2. The maximum absolute atomic E-state index is 12.7. The maximum atomic E-state index is 12.7. The first-order chi connectivity index (χ1) is 9.40. The van der Waals surface area contributed by atoms with Gasteiger partial charge >= 0.3 is 0 Å². The highest BCUT2D eigenvalue weighted by molar-refractivity contribution is 7.96. The molecule has 0 N–H and O–H groups in total. The number of halogens is 1. The van der Waals surface area contributed by atoms with Gasteiger partial charge in [-0.05, 0) is 23.8 Å². The number of carbonyl (C=O) groups is 1. The van der Waals surface area contributed by atoms with Crippen LogP contribution in [0.25, 0.3) is 6.08 Å². The molecule has 0 radical (unpaired) electrons. The summed E-state index contributed by atoms with van der Waals surface area (Å²) in [4.78, 5) is 13.0. The number of nitrogens with zero attached hydrogens (tertiary/aromatic N) is 1. The van der Waals surface area contributed by atoms with Crippen LogP contribution in [-0.4, -0.2) is 38.6 Å². The van der Waals surface area contributed by atoms with E-state index in [1.165, 1.54) is 29.2 Å². The molecule has 1 aliphatic rings. The summed E-state index contributed by atoms with van der Waals surface area (Å²) in [6.07, 6.45) is 4.39. The van der Waals surface area contributed by atoms with Gasteiger partial charge in [-0.15, -0.1) is 0 Å². The van der Waals surface area contributed by atoms with Crippen LogP contribution in [0.2, 0.25) is 0 Å². The lowest BCUT2D eigenvalue weighted by molar-refractivity contribution is -0.125. The fourth-order valence-electron chi connectivity index (χ4n) is 1.79. The Morgan fingerprint density at radius 3 is 2.55 bits per heavy atom. The van der Waals surface area contributed by atoms with Crippen LogP contribution in [0.5, 0.6) is 0 Å². The van der Waals surface area contributed by atoms with Crippen molar-refractivity contribution in [3.8, 4) is 0 Å². The van der Waals surface area contributed by atoms with Gasteiger partial charge in [-0.2, -0.15) is 0 Å². The molecule has 0 atom stereocenters. The second kappa shape index (κ2) is 5.58. The number of amides is 1. The average Bonchev–Trinajstić information content (AvgIpc) is 2.41. The molecule has 106 valence electrons. The van der Waals surface area contributed by atoms with E-state index in [1.807, 2.05) is 0 Å². The average molecular weight is 295 g/mol. The highest BCUT2D eigenvalue weighted by atomic mass is 32.2. The van der Waals surface area contributed by atoms with Gasteiger partial charge < -0.3 is 4.90 Å². The minimum Gasteiger partial charge on any atom is -0.340 e. The minimum absolute atomic E-state index is 0.0640. The molecule has 0 saturated carbocycles. The summed E-state index contributed by atoms with van der Waals surface area (Å²) < 4.78 is 36.4. The SMILES string of the molecule is CN1CCS(=O)(=O)/C(=C/C=C/c2ccc(F)cc2)C1=O. The third-order valence-electron chi connectivity index (χ3n) is 2.99. The zero-order valence-electron chi connectivity index (χ0n) is 10.9. The van der Waals surface area contributed by atoms with Crippen molar-refractivity contribution in [2.75, 3.05) is 19.3 Å². The fraction of sp³-hybridized carbons (Fsp3) is 0.214. The van der Waals surface area contributed by atoms with Gasteiger partial charge in [0.15, 0.2) is 9.84 Å². The van der Waals surface area contributed by atoms with E-state index in [0.29, 0.717) is 0 Å². The standard InChI is InChI=1S/C14H14FNO3S/c1-16-9-10-20(18,19)13(14(16)17)4-2-3-11-5-7-12(15)8-6-11/h2-8H,9-10H2,1H3/b3-2+,13-4+. The first-order valence-electron chi connectivity index (χ1n) is 6.02. The maximum Gasteiger partial charge on any atom is 0.265 e. The summed E-state index contributed by atoms with van der Waals surface area (Å²) in [6, 6.07) is 5.74. The normalized spacial score (nSPS) is 20.8. The topological polar surface area (TPSA) is 54.5 Å². The van der Waals surface area contributed by atoms with Crippen LogP contribution in [0.3, 0.4) is 0 Å². The number of sulfone groups is 1. The Labute approximate surface area is 117 Å². The van der Waals surface area contributed by atoms with Crippen molar-refractivity contribution in [2.24, 2.45) is 0 Å². The summed E-state index contributed by atoms with van der Waals surface area (Å²) in [5.74, 6) is -0.905. The molecule has 0 unspecified atom stereocenters. The van der Waals surface area contributed by atoms with E-state index < -0.39 is 15.7 Å². The van der Waals surface area contributed by atoms with Crippen molar-refractivity contribution in [1.82, 2.24) is 4.90 Å². The van der Waals surface area contributed by atoms with Gasteiger partial charge in [0.2, 0.25) is 0 Å². The van der Waals surface area contributed by atoms with E-state index in [0.717, 1.165) is 5.56 Å². The molecule has 1 amide bonds. The van der Waals surface area contributed by atoms with E-state index in [9.17, 15) is 17.6 Å². The summed E-state index contributed by atoms with van der Waals surface area (Å²) in [6.45, 7) is 0.209. The smallest absolute Gasteiger partial charge is 0.265 e. The quantitative estimate of drug-likeness (QED) is 0.779. The second-order valence-corrected chi connectivity index (χ2v) is 6.56. The molecule has 2 rings (SSSR count). The lowest BCUT2D eigenvalue weighted by atomic mass is 10.2. The van der Waals surface area contributed by atoms with E-state index in [2.05, 4.69) is 0 Å². The van der Waals surface area contributed by atoms with Crippen LogP contribution < -0.4 is 0 Å². The fourth-order valence-corrected chi connectivity index (χ4v) is 3.23. The molecule has 0 bridgehead atoms. The van der Waals surface area contributed by atoms with Crippen molar-refractivity contribution in [1.29, 1.82) is 0 Å². The van der Waals surface area contributed by atoms with Gasteiger partial charge in [0.25, 0.3) is 5.91 Å². The van der Waals surface area contributed by atoms with Crippen molar-refractivity contribution >= 4 is 21.8 Å². The van der Waals surface area contributed by atoms with Crippen LogP contribution >= 0.6 is 0 Å². The highest BCUT2D eigenvalue weighted by Gasteiger charge is 2.32. The molecule has 6 heteroatoms. The number of allylic oxidation sites excluding steroid dienone is 2. The van der Waals surface area contributed by atoms with Crippen LogP contribution in [0.15, 0.2) is 41.3 Å².